The fourth-order valence-electron chi connectivity index (χ4n) is 3.87. The summed E-state index contributed by atoms with van der Waals surface area (Å²) in [4.78, 5) is 30.4. The standard InChI is InChI=1S/C23H18ClF3N8O2/c1-32-8-13-4-19(17(27)6-18(13)30-32)29-21-7-22(36)35(10-20-28-11-33(2)31-20)23(37)34(21)9-12-3-14(24)16(26)5-15(12)25/h3-8,11,29H,9-10H2,1-2H3. The maximum absolute atomic E-state index is 14.9. The number of aryl methyl sites for hydroxylation is 2. The van der Waals surface area contributed by atoms with Gasteiger partial charge in [-0.1, -0.05) is 11.6 Å². The van der Waals surface area contributed by atoms with Crippen LogP contribution in [-0.2, 0) is 27.2 Å². The molecule has 0 radical (unpaired) electrons. The van der Waals surface area contributed by atoms with Gasteiger partial charge in [0.1, 0.15) is 29.6 Å². The van der Waals surface area contributed by atoms with Crippen molar-refractivity contribution in [2.45, 2.75) is 13.1 Å². The van der Waals surface area contributed by atoms with Gasteiger partial charge in [0.25, 0.3) is 5.56 Å². The molecule has 0 aliphatic carbocycles. The van der Waals surface area contributed by atoms with Crippen molar-refractivity contribution in [2.24, 2.45) is 14.1 Å². The van der Waals surface area contributed by atoms with Crippen LogP contribution >= 0.6 is 11.6 Å². The topological polar surface area (TPSA) is 105 Å². The van der Waals surface area contributed by atoms with E-state index in [2.05, 4.69) is 20.5 Å². The second-order valence-electron chi connectivity index (χ2n) is 8.33. The number of aromatic nitrogens is 7. The van der Waals surface area contributed by atoms with Crippen LogP contribution in [0.25, 0.3) is 10.9 Å². The number of hydrogen-bond acceptors (Lipinski definition) is 6. The normalized spacial score (nSPS) is 11.4. The Morgan fingerprint density at radius 2 is 1.68 bits per heavy atom. The zero-order valence-electron chi connectivity index (χ0n) is 19.4. The van der Waals surface area contributed by atoms with Gasteiger partial charge in [-0.15, -0.1) is 0 Å². The highest BCUT2D eigenvalue weighted by molar-refractivity contribution is 6.30. The lowest BCUT2D eigenvalue weighted by atomic mass is 10.2. The maximum Gasteiger partial charge on any atom is 0.333 e. The molecule has 0 spiro atoms. The highest BCUT2D eigenvalue weighted by Crippen LogP contribution is 2.26. The van der Waals surface area contributed by atoms with E-state index in [0.29, 0.717) is 17.0 Å². The van der Waals surface area contributed by atoms with Crippen LogP contribution in [0.3, 0.4) is 0 Å². The Morgan fingerprint density at radius 1 is 0.892 bits per heavy atom. The molecular formula is C23H18ClF3N8O2. The van der Waals surface area contributed by atoms with E-state index in [0.717, 1.165) is 21.3 Å². The first-order chi connectivity index (χ1) is 17.6. The molecule has 3 heterocycles. The van der Waals surface area contributed by atoms with Crippen LogP contribution in [0.2, 0.25) is 5.02 Å². The molecule has 0 fully saturated rings. The van der Waals surface area contributed by atoms with Gasteiger partial charge in [-0.05, 0) is 12.1 Å². The second kappa shape index (κ2) is 9.24. The Labute approximate surface area is 211 Å². The molecule has 5 rings (SSSR count). The molecule has 190 valence electrons. The molecule has 10 nitrogen and oxygen atoms in total. The van der Waals surface area contributed by atoms with Crippen LogP contribution in [-0.4, -0.2) is 33.7 Å². The fourth-order valence-corrected chi connectivity index (χ4v) is 4.06. The quantitative estimate of drug-likeness (QED) is 0.339. The van der Waals surface area contributed by atoms with Crippen LogP contribution < -0.4 is 16.6 Å². The molecule has 1 N–H and O–H groups in total. The SMILES string of the molecule is Cn1cnc(Cn2c(=O)cc(Nc3cc4cn(C)nc4cc3F)n(Cc3cc(Cl)c(F)cc3F)c2=O)n1. The van der Waals surface area contributed by atoms with E-state index in [1.165, 1.54) is 27.8 Å². The Kier molecular flexibility index (Phi) is 6.07. The monoisotopic (exact) mass is 530 g/mol. The summed E-state index contributed by atoms with van der Waals surface area (Å²) in [7, 11) is 3.31. The summed E-state index contributed by atoms with van der Waals surface area (Å²) in [6.45, 7) is -0.707. The molecule has 0 aliphatic heterocycles. The van der Waals surface area contributed by atoms with E-state index >= 15 is 0 Å². The molecule has 5 aromatic rings. The zero-order chi connectivity index (χ0) is 26.4. The minimum absolute atomic E-state index is 0.0465. The molecule has 0 atom stereocenters. The summed E-state index contributed by atoms with van der Waals surface area (Å²) in [5.74, 6) is -2.54. The molecule has 0 bridgehead atoms. The predicted octanol–water partition coefficient (Wildman–Crippen LogP) is 2.94. The summed E-state index contributed by atoms with van der Waals surface area (Å²) in [5, 5.41) is 11.2. The lowest BCUT2D eigenvalue weighted by molar-refractivity contribution is 0.553. The molecule has 0 saturated heterocycles. The van der Waals surface area contributed by atoms with Crippen molar-refractivity contribution in [1.29, 1.82) is 0 Å². The lowest BCUT2D eigenvalue weighted by Gasteiger charge is -2.17. The second-order valence-corrected chi connectivity index (χ2v) is 8.74. The minimum Gasteiger partial charge on any atom is -0.339 e. The zero-order valence-corrected chi connectivity index (χ0v) is 20.2. The summed E-state index contributed by atoms with van der Waals surface area (Å²) >= 11 is 5.83. The van der Waals surface area contributed by atoms with E-state index in [1.807, 2.05) is 0 Å². The van der Waals surface area contributed by atoms with Gasteiger partial charge in [0.2, 0.25) is 0 Å². The average Bonchev–Trinajstić information content (AvgIpc) is 3.40. The lowest BCUT2D eigenvalue weighted by Crippen LogP contribution is -2.41. The highest BCUT2D eigenvalue weighted by atomic mass is 35.5. The Bertz CT molecular complexity index is 1790. The van der Waals surface area contributed by atoms with Crippen molar-refractivity contribution in [1.82, 2.24) is 33.7 Å². The summed E-state index contributed by atoms with van der Waals surface area (Å²) in [5.41, 5.74) is -1.35. The van der Waals surface area contributed by atoms with Crippen molar-refractivity contribution in [3.63, 3.8) is 0 Å². The maximum atomic E-state index is 14.9. The van der Waals surface area contributed by atoms with E-state index in [9.17, 15) is 22.8 Å². The van der Waals surface area contributed by atoms with Gasteiger partial charge in [-0.3, -0.25) is 23.3 Å². The number of halogens is 4. The first-order valence-electron chi connectivity index (χ1n) is 10.8. The third kappa shape index (κ3) is 4.72. The number of benzene rings is 2. The molecule has 0 saturated carbocycles. The van der Waals surface area contributed by atoms with E-state index in [4.69, 9.17) is 11.6 Å². The number of nitrogens with one attached hydrogen (secondary N) is 1. The summed E-state index contributed by atoms with van der Waals surface area (Å²) in [6, 6.07) is 5.37. The molecular weight excluding hydrogens is 513 g/mol. The van der Waals surface area contributed by atoms with Crippen LogP contribution in [0.4, 0.5) is 24.7 Å². The molecule has 0 aliphatic rings. The summed E-state index contributed by atoms with van der Waals surface area (Å²) in [6.07, 6.45) is 3.07. The van der Waals surface area contributed by atoms with Gasteiger partial charge < -0.3 is 5.32 Å². The van der Waals surface area contributed by atoms with Crippen LogP contribution in [0.15, 0.2) is 52.4 Å². The molecule has 37 heavy (non-hydrogen) atoms. The van der Waals surface area contributed by atoms with Crippen molar-refractivity contribution in [3.05, 3.63) is 97.6 Å². The smallest absolute Gasteiger partial charge is 0.333 e. The van der Waals surface area contributed by atoms with Crippen molar-refractivity contribution >= 4 is 34.0 Å². The van der Waals surface area contributed by atoms with Crippen molar-refractivity contribution < 1.29 is 13.2 Å². The molecule has 2 aromatic carbocycles. The van der Waals surface area contributed by atoms with Gasteiger partial charge in [-0.25, -0.2) is 22.9 Å². The average molecular weight is 531 g/mol. The van der Waals surface area contributed by atoms with Crippen LogP contribution in [0.5, 0.6) is 0 Å². The van der Waals surface area contributed by atoms with Gasteiger partial charge in [0.05, 0.1) is 29.3 Å². The van der Waals surface area contributed by atoms with Crippen molar-refractivity contribution in [2.75, 3.05) is 5.32 Å². The fraction of sp³-hybridized carbons (Fsp3) is 0.174. The molecule has 14 heteroatoms. The third-order valence-electron chi connectivity index (χ3n) is 5.61. The predicted molar refractivity (Wildman–Crippen MR) is 129 cm³/mol. The number of nitrogens with zero attached hydrogens (tertiary/aromatic N) is 7. The first-order valence-corrected chi connectivity index (χ1v) is 11.2. The van der Waals surface area contributed by atoms with E-state index in [1.54, 1.807) is 20.3 Å². The van der Waals surface area contributed by atoms with Gasteiger partial charge >= 0.3 is 5.69 Å². The third-order valence-corrected chi connectivity index (χ3v) is 5.90. The Hall–Kier alpha value is -4.39. The largest absolute Gasteiger partial charge is 0.339 e. The van der Waals surface area contributed by atoms with Gasteiger partial charge in [-0.2, -0.15) is 10.2 Å². The van der Waals surface area contributed by atoms with Crippen molar-refractivity contribution in [3.8, 4) is 0 Å². The van der Waals surface area contributed by atoms with E-state index in [-0.39, 0.29) is 34.5 Å². The van der Waals surface area contributed by atoms with Crippen LogP contribution in [0, 0.1) is 17.5 Å². The Balaban J connectivity index is 1.64. The van der Waals surface area contributed by atoms with Gasteiger partial charge in [0.15, 0.2) is 5.82 Å². The van der Waals surface area contributed by atoms with Crippen LogP contribution in [0.1, 0.15) is 11.4 Å². The number of hydrogen-bond donors (Lipinski definition) is 1. The molecule has 0 unspecified atom stereocenters. The van der Waals surface area contributed by atoms with Gasteiger partial charge in [0, 0.05) is 49.4 Å². The first kappa shape index (κ1) is 24.3. The molecule has 3 aromatic heterocycles. The number of fused-ring (bicyclic) bond motifs is 1. The summed E-state index contributed by atoms with van der Waals surface area (Å²) < 4.78 is 48.0. The number of rotatable bonds is 6. The van der Waals surface area contributed by atoms with E-state index < -0.39 is 35.2 Å². The minimum atomic E-state index is -0.966. The highest BCUT2D eigenvalue weighted by Gasteiger charge is 2.18. The number of anilines is 2. The molecule has 0 amide bonds. The Morgan fingerprint density at radius 3 is 2.41 bits per heavy atom.